The number of hydrogen-bond acceptors (Lipinski definition) is 5. The van der Waals surface area contributed by atoms with Crippen molar-refractivity contribution in [1.82, 2.24) is 19.5 Å². The van der Waals surface area contributed by atoms with Gasteiger partial charge in [0, 0.05) is 25.5 Å². The predicted octanol–water partition coefficient (Wildman–Crippen LogP) is 0.897. The zero-order chi connectivity index (χ0) is 12.1. The number of imidazole rings is 1. The largest absolute Gasteiger partial charge is 0.368 e. The number of rotatable bonds is 5. The van der Waals surface area contributed by atoms with Crippen molar-refractivity contribution >= 4 is 11.8 Å². The molecule has 0 saturated carbocycles. The Morgan fingerprint density at radius 1 is 1.47 bits per heavy atom. The van der Waals surface area contributed by atoms with Crippen LogP contribution in [0.2, 0.25) is 0 Å². The van der Waals surface area contributed by atoms with Crippen LogP contribution in [0.1, 0.15) is 6.42 Å². The normalized spacial score (nSPS) is 10.4. The van der Waals surface area contributed by atoms with Gasteiger partial charge in [0.2, 0.25) is 5.95 Å². The molecule has 0 fully saturated rings. The summed E-state index contributed by atoms with van der Waals surface area (Å²) < 4.78 is 15.2. The third-order valence-electron chi connectivity index (χ3n) is 2.21. The summed E-state index contributed by atoms with van der Waals surface area (Å²) in [5.74, 6) is -0.298. The van der Waals surface area contributed by atoms with Crippen molar-refractivity contribution in [2.24, 2.45) is 0 Å². The second-order valence-corrected chi connectivity index (χ2v) is 3.51. The number of anilines is 2. The van der Waals surface area contributed by atoms with Gasteiger partial charge < -0.3 is 15.6 Å². The van der Waals surface area contributed by atoms with Crippen LogP contribution in [0.15, 0.2) is 24.9 Å². The van der Waals surface area contributed by atoms with Gasteiger partial charge in [-0.3, -0.25) is 0 Å². The molecule has 0 spiro atoms. The molecule has 0 amide bonds. The number of hydrogen-bond donors (Lipinski definition) is 2. The lowest BCUT2D eigenvalue weighted by atomic mass is 10.4. The molecule has 90 valence electrons. The number of aromatic nitrogens is 4. The van der Waals surface area contributed by atoms with Crippen molar-refractivity contribution in [3.8, 4) is 0 Å². The van der Waals surface area contributed by atoms with Crippen LogP contribution < -0.4 is 11.1 Å². The van der Waals surface area contributed by atoms with Crippen molar-refractivity contribution in [2.75, 3.05) is 17.6 Å². The molecule has 17 heavy (non-hydrogen) atoms. The molecular formula is C10H13FN6. The summed E-state index contributed by atoms with van der Waals surface area (Å²) in [4.78, 5) is 11.2. The van der Waals surface area contributed by atoms with Crippen LogP contribution in [-0.2, 0) is 6.54 Å². The molecule has 2 aromatic heterocycles. The third-order valence-corrected chi connectivity index (χ3v) is 2.21. The number of nitrogens with zero attached hydrogens (tertiary/aromatic N) is 4. The highest BCUT2D eigenvalue weighted by molar-refractivity contribution is 5.38. The van der Waals surface area contributed by atoms with E-state index in [0.29, 0.717) is 6.54 Å². The van der Waals surface area contributed by atoms with E-state index in [9.17, 15) is 4.39 Å². The Bertz CT molecular complexity index is 470. The predicted molar refractivity (Wildman–Crippen MR) is 61.7 cm³/mol. The number of aryl methyl sites for hydroxylation is 1. The second kappa shape index (κ2) is 5.24. The van der Waals surface area contributed by atoms with Gasteiger partial charge in [0.15, 0.2) is 11.6 Å². The van der Waals surface area contributed by atoms with Crippen molar-refractivity contribution in [3.63, 3.8) is 0 Å². The van der Waals surface area contributed by atoms with E-state index >= 15 is 0 Å². The molecule has 2 rings (SSSR count). The fourth-order valence-electron chi connectivity index (χ4n) is 1.39. The second-order valence-electron chi connectivity index (χ2n) is 3.51. The highest BCUT2D eigenvalue weighted by Gasteiger charge is 2.03. The fraction of sp³-hybridized carbons (Fsp3) is 0.300. The molecule has 0 saturated heterocycles. The Kier molecular flexibility index (Phi) is 3.49. The van der Waals surface area contributed by atoms with Gasteiger partial charge in [-0.05, 0) is 6.42 Å². The lowest BCUT2D eigenvalue weighted by Gasteiger charge is -2.06. The van der Waals surface area contributed by atoms with Gasteiger partial charge in [0.1, 0.15) is 0 Å². The summed E-state index contributed by atoms with van der Waals surface area (Å²) in [6, 6.07) is 0. The summed E-state index contributed by atoms with van der Waals surface area (Å²) in [6.45, 7) is 1.42. The Labute approximate surface area is 97.7 Å². The molecule has 0 unspecified atom stereocenters. The van der Waals surface area contributed by atoms with Crippen LogP contribution in [0.25, 0.3) is 0 Å². The molecule has 2 aromatic rings. The molecule has 0 aromatic carbocycles. The number of halogens is 1. The lowest BCUT2D eigenvalue weighted by molar-refractivity contribution is 0.613. The highest BCUT2D eigenvalue weighted by Crippen LogP contribution is 2.09. The zero-order valence-electron chi connectivity index (χ0n) is 9.17. The maximum atomic E-state index is 13.2. The Morgan fingerprint density at radius 2 is 2.35 bits per heavy atom. The topological polar surface area (TPSA) is 81.6 Å². The molecule has 0 aliphatic rings. The Hall–Kier alpha value is -2.18. The van der Waals surface area contributed by atoms with Crippen molar-refractivity contribution in [1.29, 1.82) is 0 Å². The quantitative estimate of drug-likeness (QED) is 0.754. The van der Waals surface area contributed by atoms with E-state index in [1.807, 2.05) is 10.8 Å². The van der Waals surface area contributed by atoms with Crippen LogP contribution in [0, 0.1) is 5.82 Å². The molecule has 3 N–H and O–H groups in total. The number of nitrogen functional groups attached to an aromatic ring is 1. The van der Waals surface area contributed by atoms with E-state index < -0.39 is 5.82 Å². The van der Waals surface area contributed by atoms with Gasteiger partial charge in [-0.2, -0.15) is 4.98 Å². The first-order valence-electron chi connectivity index (χ1n) is 5.23. The minimum Gasteiger partial charge on any atom is -0.368 e. The minimum atomic E-state index is -0.498. The smallest absolute Gasteiger partial charge is 0.222 e. The summed E-state index contributed by atoms with van der Waals surface area (Å²) >= 11 is 0. The fourth-order valence-corrected chi connectivity index (χ4v) is 1.39. The van der Waals surface area contributed by atoms with Crippen molar-refractivity contribution in [3.05, 3.63) is 30.7 Å². The summed E-state index contributed by atoms with van der Waals surface area (Å²) in [5.41, 5.74) is 5.37. The molecule has 2 heterocycles. The average molecular weight is 236 g/mol. The van der Waals surface area contributed by atoms with Crippen LogP contribution in [0.5, 0.6) is 0 Å². The summed E-state index contributed by atoms with van der Waals surface area (Å²) in [5, 5.41) is 2.88. The summed E-state index contributed by atoms with van der Waals surface area (Å²) in [6.07, 6.45) is 7.23. The molecular weight excluding hydrogens is 223 g/mol. The first-order chi connectivity index (χ1) is 8.25. The van der Waals surface area contributed by atoms with Gasteiger partial charge in [-0.1, -0.05) is 0 Å². The van der Waals surface area contributed by atoms with Crippen LogP contribution >= 0.6 is 0 Å². The summed E-state index contributed by atoms with van der Waals surface area (Å²) in [7, 11) is 0. The monoisotopic (exact) mass is 236 g/mol. The van der Waals surface area contributed by atoms with E-state index in [2.05, 4.69) is 20.3 Å². The van der Waals surface area contributed by atoms with Gasteiger partial charge in [0.25, 0.3) is 0 Å². The Morgan fingerprint density at radius 3 is 3.12 bits per heavy atom. The molecule has 0 bridgehead atoms. The molecule has 0 radical (unpaired) electrons. The lowest BCUT2D eigenvalue weighted by Crippen LogP contribution is -2.10. The van der Waals surface area contributed by atoms with Crippen LogP contribution in [0.3, 0.4) is 0 Å². The van der Waals surface area contributed by atoms with Gasteiger partial charge in [0.05, 0.1) is 12.5 Å². The van der Waals surface area contributed by atoms with Crippen LogP contribution in [-0.4, -0.2) is 26.1 Å². The molecule has 0 atom stereocenters. The van der Waals surface area contributed by atoms with Gasteiger partial charge in [-0.15, -0.1) is 0 Å². The van der Waals surface area contributed by atoms with E-state index in [1.54, 1.807) is 12.5 Å². The zero-order valence-corrected chi connectivity index (χ0v) is 9.17. The maximum absolute atomic E-state index is 13.2. The minimum absolute atomic E-state index is 0.0588. The molecule has 6 nitrogen and oxygen atoms in total. The van der Waals surface area contributed by atoms with Crippen molar-refractivity contribution in [2.45, 2.75) is 13.0 Å². The maximum Gasteiger partial charge on any atom is 0.222 e. The average Bonchev–Trinajstić information content (AvgIpc) is 2.82. The van der Waals surface area contributed by atoms with Crippen LogP contribution in [0.4, 0.5) is 16.2 Å². The molecule has 7 heteroatoms. The molecule has 0 aliphatic carbocycles. The third kappa shape index (κ3) is 3.13. The van der Waals surface area contributed by atoms with Gasteiger partial charge in [-0.25, -0.2) is 14.4 Å². The van der Waals surface area contributed by atoms with Crippen molar-refractivity contribution < 1.29 is 4.39 Å². The van der Waals surface area contributed by atoms with E-state index in [4.69, 9.17) is 5.73 Å². The van der Waals surface area contributed by atoms with Gasteiger partial charge >= 0.3 is 0 Å². The standard InChI is InChI=1S/C10H13FN6/c11-8-6-15-10(12)16-9(8)14-2-1-4-17-5-3-13-7-17/h3,5-7H,1-2,4H2,(H3,12,14,15,16). The first-order valence-corrected chi connectivity index (χ1v) is 5.23. The van der Waals surface area contributed by atoms with E-state index in [-0.39, 0.29) is 11.8 Å². The molecule has 0 aliphatic heterocycles. The SMILES string of the molecule is Nc1ncc(F)c(NCCCn2ccnc2)n1. The number of nitrogens with one attached hydrogen (secondary N) is 1. The van der Waals surface area contributed by atoms with E-state index in [1.165, 1.54) is 0 Å². The highest BCUT2D eigenvalue weighted by atomic mass is 19.1. The number of nitrogens with two attached hydrogens (primary N) is 1. The Balaban J connectivity index is 1.80. The first kappa shape index (κ1) is 11.3. The van der Waals surface area contributed by atoms with E-state index in [0.717, 1.165) is 19.2 Å².